The second kappa shape index (κ2) is 5.87. The molecule has 3 heteroatoms. The molecule has 0 amide bonds. The van der Waals surface area contributed by atoms with Crippen molar-refractivity contribution in [3.63, 3.8) is 0 Å². The SMILES string of the molecule is Cc1cc(F)ccc1COc1cccc(CCl)c1. The van der Waals surface area contributed by atoms with E-state index < -0.39 is 0 Å². The van der Waals surface area contributed by atoms with Gasteiger partial charge in [-0.3, -0.25) is 0 Å². The van der Waals surface area contributed by atoms with Crippen molar-refractivity contribution < 1.29 is 9.13 Å². The largest absolute Gasteiger partial charge is 0.489 e. The van der Waals surface area contributed by atoms with Crippen molar-refractivity contribution in [3.8, 4) is 5.75 Å². The van der Waals surface area contributed by atoms with E-state index in [0.29, 0.717) is 12.5 Å². The number of hydrogen-bond acceptors (Lipinski definition) is 1. The quantitative estimate of drug-likeness (QED) is 0.741. The summed E-state index contributed by atoms with van der Waals surface area (Å²) in [5, 5.41) is 0. The Kier molecular flexibility index (Phi) is 4.21. The van der Waals surface area contributed by atoms with Crippen LogP contribution in [0.4, 0.5) is 4.39 Å². The van der Waals surface area contributed by atoms with E-state index in [-0.39, 0.29) is 5.82 Å². The normalized spacial score (nSPS) is 10.4. The minimum atomic E-state index is -0.222. The molecule has 0 N–H and O–H groups in total. The zero-order valence-corrected chi connectivity index (χ0v) is 10.9. The molecular weight excluding hydrogens is 251 g/mol. The van der Waals surface area contributed by atoms with Crippen LogP contribution in [-0.4, -0.2) is 0 Å². The molecule has 0 atom stereocenters. The minimum absolute atomic E-state index is 0.222. The molecule has 0 heterocycles. The third-order valence-corrected chi connectivity index (χ3v) is 3.06. The van der Waals surface area contributed by atoms with E-state index in [1.54, 1.807) is 6.07 Å². The summed E-state index contributed by atoms with van der Waals surface area (Å²) in [5.74, 6) is 1.02. The van der Waals surface area contributed by atoms with Gasteiger partial charge in [0, 0.05) is 5.88 Å². The maximum atomic E-state index is 13.0. The molecule has 0 bridgehead atoms. The molecule has 0 saturated carbocycles. The number of aryl methyl sites for hydroxylation is 1. The van der Waals surface area contributed by atoms with E-state index in [1.165, 1.54) is 12.1 Å². The van der Waals surface area contributed by atoms with Crippen LogP contribution in [0.5, 0.6) is 5.75 Å². The van der Waals surface area contributed by atoms with Crippen LogP contribution in [0.3, 0.4) is 0 Å². The van der Waals surface area contributed by atoms with Crippen molar-refractivity contribution in [1.82, 2.24) is 0 Å². The molecule has 2 aromatic carbocycles. The Hall–Kier alpha value is -1.54. The molecule has 1 nitrogen and oxygen atoms in total. The topological polar surface area (TPSA) is 9.23 Å². The van der Waals surface area contributed by atoms with Crippen molar-refractivity contribution in [2.45, 2.75) is 19.4 Å². The summed E-state index contributed by atoms with van der Waals surface area (Å²) in [6, 6.07) is 12.3. The summed E-state index contributed by atoms with van der Waals surface area (Å²) in [6.07, 6.45) is 0. The summed E-state index contributed by atoms with van der Waals surface area (Å²) < 4.78 is 18.6. The molecule has 0 aliphatic carbocycles. The fourth-order valence-electron chi connectivity index (χ4n) is 1.70. The Morgan fingerprint density at radius 2 is 2.00 bits per heavy atom. The monoisotopic (exact) mass is 264 g/mol. The number of rotatable bonds is 4. The van der Waals surface area contributed by atoms with Gasteiger partial charge in [0.1, 0.15) is 18.2 Å². The lowest BCUT2D eigenvalue weighted by molar-refractivity contribution is 0.305. The van der Waals surface area contributed by atoms with Crippen molar-refractivity contribution in [3.05, 3.63) is 65.0 Å². The highest BCUT2D eigenvalue weighted by atomic mass is 35.5. The number of hydrogen-bond donors (Lipinski definition) is 0. The first-order chi connectivity index (χ1) is 8.69. The minimum Gasteiger partial charge on any atom is -0.489 e. The van der Waals surface area contributed by atoms with Crippen LogP contribution in [0.15, 0.2) is 42.5 Å². The van der Waals surface area contributed by atoms with Crippen LogP contribution in [0, 0.1) is 12.7 Å². The van der Waals surface area contributed by atoms with Gasteiger partial charge in [-0.2, -0.15) is 0 Å². The lowest BCUT2D eigenvalue weighted by Crippen LogP contribution is -1.98. The zero-order chi connectivity index (χ0) is 13.0. The number of halogens is 2. The molecule has 0 fully saturated rings. The van der Waals surface area contributed by atoms with E-state index >= 15 is 0 Å². The van der Waals surface area contributed by atoms with Crippen LogP contribution in [0.2, 0.25) is 0 Å². The van der Waals surface area contributed by atoms with Gasteiger partial charge in [0.2, 0.25) is 0 Å². The Morgan fingerprint density at radius 1 is 1.17 bits per heavy atom. The first kappa shape index (κ1) is 12.9. The fraction of sp³-hybridized carbons (Fsp3) is 0.200. The van der Waals surface area contributed by atoms with Crippen LogP contribution in [0.1, 0.15) is 16.7 Å². The average molecular weight is 265 g/mol. The van der Waals surface area contributed by atoms with Crippen molar-refractivity contribution in [1.29, 1.82) is 0 Å². The van der Waals surface area contributed by atoms with Gasteiger partial charge in [0.05, 0.1) is 0 Å². The van der Waals surface area contributed by atoms with E-state index in [2.05, 4.69) is 0 Å². The summed E-state index contributed by atoms with van der Waals surface area (Å²) in [6.45, 7) is 2.30. The Balaban J connectivity index is 2.06. The molecule has 0 aromatic heterocycles. The maximum Gasteiger partial charge on any atom is 0.123 e. The molecule has 0 aliphatic rings. The van der Waals surface area contributed by atoms with Gasteiger partial charge in [-0.25, -0.2) is 4.39 Å². The molecule has 0 unspecified atom stereocenters. The highest BCUT2D eigenvalue weighted by Crippen LogP contribution is 2.18. The van der Waals surface area contributed by atoms with Gasteiger partial charge in [-0.1, -0.05) is 18.2 Å². The predicted octanol–water partition coefficient (Wildman–Crippen LogP) is 4.45. The molecule has 0 spiro atoms. The number of ether oxygens (including phenoxy) is 1. The van der Waals surface area contributed by atoms with E-state index in [1.807, 2.05) is 31.2 Å². The van der Waals surface area contributed by atoms with Crippen molar-refractivity contribution in [2.75, 3.05) is 0 Å². The highest BCUT2D eigenvalue weighted by molar-refractivity contribution is 6.17. The third-order valence-electron chi connectivity index (χ3n) is 2.75. The van der Waals surface area contributed by atoms with Gasteiger partial charge in [-0.15, -0.1) is 11.6 Å². The molecule has 18 heavy (non-hydrogen) atoms. The van der Waals surface area contributed by atoms with E-state index in [0.717, 1.165) is 22.4 Å². The Labute approximate surface area is 111 Å². The summed E-state index contributed by atoms with van der Waals surface area (Å²) in [4.78, 5) is 0. The van der Waals surface area contributed by atoms with Gasteiger partial charge in [-0.05, 0) is 47.9 Å². The van der Waals surface area contributed by atoms with Gasteiger partial charge in [0.25, 0.3) is 0 Å². The van der Waals surface area contributed by atoms with E-state index in [4.69, 9.17) is 16.3 Å². The molecule has 0 radical (unpaired) electrons. The number of alkyl halides is 1. The highest BCUT2D eigenvalue weighted by Gasteiger charge is 2.02. The summed E-state index contributed by atoms with van der Waals surface area (Å²) >= 11 is 5.76. The average Bonchev–Trinajstić information content (AvgIpc) is 2.38. The zero-order valence-electron chi connectivity index (χ0n) is 10.1. The van der Waals surface area contributed by atoms with Crippen LogP contribution in [0.25, 0.3) is 0 Å². The first-order valence-electron chi connectivity index (χ1n) is 5.72. The smallest absolute Gasteiger partial charge is 0.123 e. The molecule has 0 saturated heterocycles. The van der Waals surface area contributed by atoms with Crippen LogP contribution in [-0.2, 0) is 12.5 Å². The Morgan fingerprint density at radius 3 is 2.72 bits per heavy atom. The molecule has 2 aromatic rings. The standard InChI is InChI=1S/C15H14ClFO/c1-11-7-14(17)6-5-13(11)10-18-15-4-2-3-12(8-15)9-16/h2-8H,9-10H2,1H3. The predicted molar refractivity (Wildman–Crippen MR) is 71.5 cm³/mol. The molecule has 2 rings (SSSR count). The molecule has 94 valence electrons. The first-order valence-corrected chi connectivity index (χ1v) is 6.25. The summed E-state index contributed by atoms with van der Waals surface area (Å²) in [5.41, 5.74) is 2.89. The van der Waals surface area contributed by atoms with Crippen molar-refractivity contribution in [2.24, 2.45) is 0 Å². The summed E-state index contributed by atoms with van der Waals surface area (Å²) in [7, 11) is 0. The molecular formula is C15H14ClFO. The van der Waals surface area contributed by atoms with Crippen molar-refractivity contribution >= 4 is 11.6 Å². The fourth-order valence-corrected chi connectivity index (χ4v) is 1.87. The van der Waals surface area contributed by atoms with Crippen LogP contribution < -0.4 is 4.74 Å². The Bertz CT molecular complexity index is 540. The third kappa shape index (κ3) is 3.23. The maximum absolute atomic E-state index is 13.0. The lowest BCUT2D eigenvalue weighted by atomic mass is 10.1. The second-order valence-electron chi connectivity index (χ2n) is 4.14. The lowest BCUT2D eigenvalue weighted by Gasteiger charge is -2.09. The molecule has 0 aliphatic heterocycles. The van der Waals surface area contributed by atoms with E-state index in [9.17, 15) is 4.39 Å². The van der Waals surface area contributed by atoms with Gasteiger partial charge < -0.3 is 4.74 Å². The van der Waals surface area contributed by atoms with Gasteiger partial charge >= 0.3 is 0 Å². The van der Waals surface area contributed by atoms with Gasteiger partial charge in [0.15, 0.2) is 0 Å². The number of benzene rings is 2. The van der Waals surface area contributed by atoms with Crippen LogP contribution >= 0.6 is 11.6 Å². The second-order valence-corrected chi connectivity index (χ2v) is 4.41.